The molecule has 176 valence electrons. The maximum absolute atomic E-state index is 14.0. The number of hydrogen-bond acceptors (Lipinski definition) is 4. The molecular weight excluding hydrogens is 447 g/mol. The fourth-order valence-electron chi connectivity index (χ4n) is 4.25. The Labute approximate surface area is 192 Å². The number of aromatic nitrogens is 1. The molecule has 1 aromatic heterocycles. The van der Waals surface area contributed by atoms with Gasteiger partial charge >= 0.3 is 5.97 Å². The number of halogens is 1. The van der Waals surface area contributed by atoms with Crippen LogP contribution in [-0.4, -0.2) is 47.6 Å². The summed E-state index contributed by atoms with van der Waals surface area (Å²) in [6.07, 6.45) is 3.17. The maximum atomic E-state index is 14.0. The molecule has 0 radical (unpaired) electrons. The number of hydrogen-bond donors (Lipinski definition) is 1. The lowest BCUT2D eigenvalue weighted by molar-refractivity contribution is -0.137. The maximum Gasteiger partial charge on any atom is 0.323 e. The van der Waals surface area contributed by atoms with Gasteiger partial charge in [-0.1, -0.05) is 6.92 Å². The summed E-state index contributed by atoms with van der Waals surface area (Å²) in [7, 11) is -3.70. The molecule has 1 aliphatic rings. The summed E-state index contributed by atoms with van der Waals surface area (Å²) in [6.45, 7) is 4.30. The summed E-state index contributed by atoms with van der Waals surface area (Å²) >= 11 is 0. The minimum atomic E-state index is -3.70. The Kier molecular flexibility index (Phi) is 6.45. The lowest BCUT2D eigenvalue weighted by atomic mass is 9.98. The molecule has 2 aromatic carbocycles. The van der Waals surface area contributed by atoms with Gasteiger partial charge in [0.1, 0.15) is 18.1 Å². The van der Waals surface area contributed by atoms with Crippen molar-refractivity contribution in [2.75, 3.05) is 13.1 Å². The third-order valence-corrected chi connectivity index (χ3v) is 8.02. The van der Waals surface area contributed by atoms with Crippen LogP contribution in [0.4, 0.5) is 4.39 Å². The number of aliphatic carboxylic acids is 1. The van der Waals surface area contributed by atoms with Gasteiger partial charge in [-0.15, -0.1) is 0 Å². The molecule has 1 fully saturated rings. The Bertz CT molecular complexity index is 1270. The summed E-state index contributed by atoms with van der Waals surface area (Å²) in [6, 6.07) is 10.7. The molecule has 3 aromatic rings. The van der Waals surface area contributed by atoms with Crippen molar-refractivity contribution in [3.63, 3.8) is 0 Å². The normalized spacial score (nSPS) is 18.0. The van der Waals surface area contributed by atoms with Gasteiger partial charge in [0.25, 0.3) is 0 Å². The molecule has 0 aliphatic carbocycles. The number of ether oxygens (including phenoxy) is 1. The number of benzene rings is 2. The van der Waals surface area contributed by atoms with E-state index < -0.39 is 21.8 Å². The molecule has 1 saturated heterocycles. The first-order chi connectivity index (χ1) is 15.7. The minimum absolute atomic E-state index is 0.0416. The van der Waals surface area contributed by atoms with E-state index in [1.54, 1.807) is 41.1 Å². The number of fused-ring (bicyclic) bond motifs is 1. The molecule has 0 bridgehead atoms. The minimum Gasteiger partial charge on any atom is -0.491 e. The molecule has 7 nitrogen and oxygen atoms in total. The zero-order chi connectivity index (χ0) is 23.8. The molecule has 0 amide bonds. The van der Waals surface area contributed by atoms with Crippen molar-refractivity contribution in [3.05, 3.63) is 60.0 Å². The molecule has 0 spiro atoms. The first-order valence-corrected chi connectivity index (χ1v) is 12.4. The zero-order valence-corrected chi connectivity index (χ0v) is 19.4. The van der Waals surface area contributed by atoms with Crippen molar-refractivity contribution >= 4 is 26.9 Å². The molecule has 2 atom stereocenters. The third-order valence-electron chi connectivity index (χ3n) is 6.14. The first kappa shape index (κ1) is 23.3. The van der Waals surface area contributed by atoms with Crippen LogP contribution in [0, 0.1) is 5.82 Å². The van der Waals surface area contributed by atoms with Gasteiger partial charge in [0.2, 0.25) is 10.0 Å². The number of carbonyl (C=O) groups is 1. The van der Waals surface area contributed by atoms with E-state index >= 15 is 0 Å². The second-order valence-corrected chi connectivity index (χ2v) is 10.4. The Hall–Kier alpha value is -2.91. The summed E-state index contributed by atoms with van der Waals surface area (Å²) in [4.78, 5) is 11.5. The average molecular weight is 475 g/mol. The van der Waals surface area contributed by atoms with Gasteiger partial charge in [0.05, 0.1) is 11.0 Å². The van der Waals surface area contributed by atoms with Gasteiger partial charge in [0, 0.05) is 36.1 Å². The molecule has 4 rings (SSSR count). The van der Waals surface area contributed by atoms with E-state index in [0.717, 1.165) is 12.0 Å². The number of carboxylic acids is 1. The van der Waals surface area contributed by atoms with Crippen molar-refractivity contribution in [1.82, 2.24) is 8.87 Å². The van der Waals surface area contributed by atoms with Crippen molar-refractivity contribution in [2.45, 2.75) is 50.2 Å². The molecule has 1 N–H and O–H groups in total. The standard InChI is InChI=1S/C24H27FN2O5S/c1-3-16(2)32-19-5-7-20(8-6-19)33(30,31)27-11-10-17(13-27)22-14-26(15-24(28)29)23-9-4-18(25)12-21(22)23/h4-9,12,14,16-17H,3,10-11,13,15H2,1-2H3,(H,28,29)/t16-,17?/m1/s1. The van der Waals surface area contributed by atoms with Crippen molar-refractivity contribution in [3.8, 4) is 5.75 Å². The second kappa shape index (κ2) is 9.15. The van der Waals surface area contributed by atoms with E-state index in [0.29, 0.717) is 29.6 Å². The fraction of sp³-hybridized carbons (Fsp3) is 0.375. The van der Waals surface area contributed by atoms with Crippen LogP contribution in [0.25, 0.3) is 10.9 Å². The highest BCUT2D eigenvalue weighted by Crippen LogP contribution is 2.36. The van der Waals surface area contributed by atoms with Crippen LogP contribution in [0.3, 0.4) is 0 Å². The lowest BCUT2D eigenvalue weighted by Gasteiger charge is -2.17. The van der Waals surface area contributed by atoms with Gasteiger partial charge in [-0.05, 0) is 67.8 Å². The van der Waals surface area contributed by atoms with Crippen LogP contribution in [0.15, 0.2) is 53.6 Å². The number of carboxylic acid groups (broad SMARTS) is 1. The molecule has 33 heavy (non-hydrogen) atoms. The molecule has 1 aliphatic heterocycles. The van der Waals surface area contributed by atoms with E-state index in [9.17, 15) is 22.7 Å². The largest absolute Gasteiger partial charge is 0.491 e. The average Bonchev–Trinajstić information content (AvgIpc) is 3.39. The Morgan fingerprint density at radius 2 is 1.97 bits per heavy atom. The molecule has 1 unspecified atom stereocenters. The van der Waals surface area contributed by atoms with Crippen LogP contribution in [0.1, 0.15) is 38.2 Å². The summed E-state index contributed by atoms with van der Waals surface area (Å²) in [5.41, 5.74) is 1.38. The van der Waals surface area contributed by atoms with Crippen molar-refractivity contribution in [1.29, 1.82) is 0 Å². The van der Waals surface area contributed by atoms with E-state index in [2.05, 4.69) is 0 Å². The fourth-order valence-corrected chi connectivity index (χ4v) is 5.75. The highest BCUT2D eigenvalue weighted by atomic mass is 32.2. The Balaban J connectivity index is 1.57. The van der Waals surface area contributed by atoms with E-state index in [1.165, 1.54) is 16.4 Å². The van der Waals surface area contributed by atoms with Crippen molar-refractivity contribution in [2.24, 2.45) is 0 Å². The highest BCUT2D eigenvalue weighted by molar-refractivity contribution is 7.89. The first-order valence-electron chi connectivity index (χ1n) is 11.0. The molecule has 0 saturated carbocycles. The SMILES string of the molecule is CC[C@@H](C)Oc1ccc(S(=O)(=O)N2CCC(c3cn(CC(=O)O)c4ccc(F)cc34)C2)cc1. The van der Waals surface area contributed by atoms with Crippen LogP contribution in [0.5, 0.6) is 5.75 Å². The smallest absolute Gasteiger partial charge is 0.323 e. The van der Waals surface area contributed by atoms with Crippen LogP contribution in [-0.2, 0) is 21.4 Å². The van der Waals surface area contributed by atoms with Crippen molar-refractivity contribution < 1.29 is 27.4 Å². The molecular formula is C24H27FN2O5S. The molecule has 9 heteroatoms. The quantitative estimate of drug-likeness (QED) is 0.528. The molecule has 2 heterocycles. The summed E-state index contributed by atoms with van der Waals surface area (Å²) in [5, 5.41) is 9.84. The lowest BCUT2D eigenvalue weighted by Crippen LogP contribution is -2.28. The van der Waals surface area contributed by atoms with E-state index in [4.69, 9.17) is 4.74 Å². The number of rotatable bonds is 8. The number of nitrogens with zero attached hydrogens (tertiary/aromatic N) is 2. The summed E-state index contributed by atoms with van der Waals surface area (Å²) < 4.78 is 49.1. The monoisotopic (exact) mass is 474 g/mol. The van der Waals surface area contributed by atoms with E-state index in [-0.39, 0.29) is 30.0 Å². The van der Waals surface area contributed by atoms with Gasteiger partial charge in [-0.2, -0.15) is 4.31 Å². The van der Waals surface area contributed by atoms with Gasteiger partial charge in [0.15, 0.2) is 0 Å². The predicted molar refractivity (Wildman–Crippen MR) is 122 cm³/mol. The Morgan fingerprint density at radius 3 is 2.64 bits per heavy atom. The van der Waals surface area contributed by atoms with Gasteiger partial charge in [-0.3, -0.25) is 4.79 Å². The second-order valence-electron chi connectivity index (χ2n) is 8.42. The van der Waals surface area contributed by atoms with Crippen LogP contribution >= 0.6 is 0 Å². The summed E-state index contributed by atoms with van der Waals surface area (Å²) in [5.74, 6) is -0.957. The van der Waals surface area contributed by atoms with Gasteiger partial charge < -0.3 is 14.4 Å². The van der Waals surface area contributed by atoms with Crippen LogP contribution in [0.2, 0.25) is 0 Å². The zero-order valence-electron chi connectivity index (χ0n) is 18.6. The topological polar surface area (TPSA) is 88.8 Å². The highest BCUT2D eigenvalue weighted by Gasteiger charge is 2.34. The van der Waals surface area contributed by atoms with E-state index in [1.807, 2.05) is 13.8 Å². The Morgan fingerprint density at radius 1 is 1.24 bits per heavy atom. The number of sulfonamides is 1. The van der Waals surface area contributed by atoms with Crippen LogP contribution < -0.4 is 4.74 Å². The van der Waals surface area contributed by atoms with Gasteiger partial charge in [-0.25, -0.2) is 12.8 Å². The third kappa shape index (κ3) is 4.74. The predicted octanol–water partition coefficient (Wildman–Crippen LogP) is 4.22.